The van der Waals surface area contributed by atoms with E-state index in [1.54, 1.807) is 0 Å². The number of hydrogen-bond acceptors (Lipinski definition) is 3. The Morgan fingerprint density at radius 2 is 2.40 bits per heavy atom. The number of carbonyl (C=O) groups is 1. The van der Waals surface area contributed by atoms with Crippen LogP contribution < -0.4 is 4.74 Å². The molecule has 1 unspecified atom stereocenters. The first-order valence-electron chi connectivity index (χ1n) is 4.70. The van der Waals surface area contributed by atoms with Crippen molar-refractivity contribution in [3.8, 4) is 5.75 Å². The molecule has 1 aromatic rings. The van der Waals surface area contributed by atoms with Crippen molar-refractivity contribution in [3.63, 3.8) is 0 Å². The molecule has 1 atom stereocenters. The van der Waals surface area contributed by atoms with Gasteiger partial charge in [0, 0.05) is 3.57 Å². The zero-order valence-corrected chi connectivity index (χ0v) is 10.5. The molecule has 4 heteroatoms. The lowest BCUT2D eigenvalue weighted by molar-refractivity contribution is -0.146. The fraction of sp³-hybridized carbons (Fsp3) is 0.364. The Bertz CT molecular complexity index is 389. The SMILES string of the molecule is COC(=O)C1COc2ccc(I)cc2C1. The Hall–Kier alpha value is -0.780. The molecule has 2 rings (SSSR count). The predicted molar refractivity (Wildman–Crippen MR) is 63.9 cm³/mol. The van der Waals surface area contributed by atoms with Gasteiger partial charge in [-0.2, -0.15) is 0 Å². The normalized spacial score (nSPS) is 18.9. The molecule has 0 aliphatic carbocycles. The Kier molecular flexibility index (Phi) is 3.14. The first-order chi connectivity index (χ1) is 7.20. The minimum Gasteiger partial charge on any atom is -0.492 e. The third-order valence-corrected chi connectivity index (χ3v) is 3.13. The monoisotopic (exact) mass is 318 g/mol. The summed E-state index contributed by atoms with van der Waals surface area (Å²) in [4.78, 5) is 11.4. The number of esters is 1. The smallest absolute Gasteiger partial charge is 0.312 e. The van der Waals surface area contributed by atoms with E-state index in [0.29, 0.717) is 13.0 Å². The highest BCUT2D eigenvalue weighted by Crippen LogP contribution is 2.29. The average molecular weight is 318 g/mol. The van der Waals surface area contributed by atoms with E-state index in [-0.39, 0.29) is 11.9 Å². The summed E-state index contributed by atoms with van der Waals surface area (Å²) in [5.41, 5.74) is 1.09. The number of carbonyl (C=O) groups excluding carboxylic acids is 1. The molecule has 1 aromatic carbocycles. The number of hydrogen-bond donors (Lipinski definition) is 0. The number of methoxy groups -OCH3 is 1. The summed E-state index contributed by atoms with van der Waals surface area (Å²) in [5, 5.41) is 0. The fourth-order valence-electron chi connectivity index (χ4n) is 1.68. The van der Waals surface area contributed by atoms with Crippen LogP contribution in [0, 0.1) is 9.49 Å². The maximum Gasteiger partial charge on any atom is 0.312 e. The Balaban J connectivity index is 2.22. The summed E-state index contributed by atoms with van der Waals surface area (Å²) < 4.78 is 11.4. The molecule has 1 heterocycles. The van der Waals surface area contributed by atoms with Crippen LogP contribution in [0.3, 0.4) is 0 Å². The summed E-state index contributed by atoms with van der Waals surface area (Å²) >= 11 is 2.25. The molecular weight excluding hydrogens is 307 g/mol. The van der Waals surface area contributed by atoms with Crippen LogP contribution >= 0.6 is 22.6 Å². The maximum atomic E-state index is 11.4. The molecule has 0 bridgehead atoms. The predicted octanol–water partition coefficient (Wildman–Crippen LogP) is 2.02. The maximum absolute atomic E-state index is 11.4. The first kappa shape index (κ1) is 10.7. The number of rotatable bonds is 1. The topological polar surface area (TPSA) is 35.5 Å². The van der Waals surface area contributed by atoms with E-state index in [9.17, 15) is 4.79 Å². The molecule has 0 radical (unpaired) electrons. The van der Waals surface area contributed by atoms with Crippen LogP contribution in [0.4, 0.5) is 0 Å². The van der Waals surface area contributed by atoms with Gasteiger partial charge in [-0.25, -0.2) is 0 Å². The van der Waals surface area contributed by atoms with E-state index in [2.05, 4.69) is 22.6 Å². The average Bonchev–Trinajstić information content (AvgIpc) is 2.27. The highest BCUT2D eigenvalue weighted by Gasteiger charge is 2.26. The van der Waals surface area contributed by atoms with Crippen molar-refractivity contribution < 1.29 is 14.3 Å². The van der Waals surface area contributed by atoms with Crippen LogP contribution in [0.15, 0.2) is 18.2 Å². The summed E-state index contributed by atoms with van der Waals surface area (Å²) in [5.74, 6) is 0.524. The first-order valence-corrected chi connectivity index (χ1v) is 5.77. The van der Waals surface area contributed by atoms with Gasteiger partial charge >= 0.3 is 5.97 Å². The van der Waals surface area contributed by atoms with Crippen molar-refractivity contribution in [1.82, 2.24) is 0 Å². The van der Waals surface area contributed by atoms with E-state index >= 15 is 0 Å². The molecule has 0 amide bonds. The molecule has 0 fully saturated rings. The fourth-order valence-corrected chi connectivity index (χ4v) is 2.24. The molecular formula is C11H11IO3. The van der Waals surface area contributed by atoms with Gasteiger partial charge in [-0.1, -0.05) is 0 Å². The molecule has 1 aliphatic rings. The van der Waals surface area contributed by atoms with Crippen LogP contribution in [-0.4, -0.2) is 19.7 Å². The summed E-state index contributed by atoms with van der Waals surface area (Å²) in [6.45, 7) is 0.417. The lowest BCUT2D eigenvalue weighted by Crippen LogP contribution is -2.29. The van der Waals surface area contributed by atoms with Crippen molar-refractivity contribution >= 4 is 28.6 Å². The third-order valence-electron chi connectivity index (χ3n) is 2.46. The number of fused-ring (bicyclic) bond motifs is 1. The summed E-state index contributed by atoms with van der Waals surface area (Å²) in [6, 6.07) is 5.99. The van der Waals surface area contributed by atoms with Gasteiger partial charge in [0.05, 0.1) is 13.0 Å². The molecule has 1 aliphatic heterocycles. The second-order valence-corrected chi connectivity index (χ2v) is 4.73. The van der Waals surface area contributed by atoms with Gasteiger partial charge < -0.3 is 9.47 Å². The molecule has 0 N–H and O–H groups in total. The molecule has 80 valence electrons. The third kappa shape index (κ3) is 2.25. The van der Waals surface area contributed by atoms with Crippen LogP contribution in [0.25, 0.3) is 0 Å². The zero-order chi connectivity index (χ0) is 10.8. The second kappa shape index (κ2) is 4.38. The van der Waals surface area contributed by atoms with E-state index in [0.717, 1.165) is 14.9 Å². The highest BCUT2D eigenvalue weighted by molar-refractivity contribution is 14.1. The van der Waals surface area contributed by atoms with Crippen LogP contribution in [0.5, 0.6) is 5.75 Å². The van der Waals surface area contributed by atoms with Gasteiger partial charge in [0.1, 0.15) is 12.4 Å². The Morgan fingerprint density at radius 1 is 1.60 bits per heavy atom. The standard InChI is InChI=1S/C11H11IO3/c1-14-11(13)8-4-7-5-9(12)2-3-10(7)15-6-8/h2-3,5,8H,4,6H2,1H3. The second-order valence-electron chi connectivity index (χ2n) is 3.49. The molecule has 0 saturated carbocycles. The Labute approximate surface area is 102 Å². The number of ether oxygens (including phenoxy) is 2. The minimum atomic E-state index is -0.195. The van der Waals surface area contributed by atoms with Gasteiger partial charge in [0.15, 0.2) is 0 Å². The number of halogens is 1. The van der Waals surface area contributed by atoms with E-state index in [1.807, 2.05) is 18.2 Å². The van der Waals surface area contributed by atoms with E-state index in [4.69, 9.17) is 9.47 Å². The quantitative estimate of drug-likeness (QED) is 0.587. The summed E-state index contributed by atoms with van der Waals surface area (Å²) in [6.07, 6.45) is 0.707. The number of benzene rings is 1. The van der Waals surface area contributed by atoms with Crippen molar-refractivity contribution in [2.75, 3.05) is 13.7 Å². The summed E-state index contributed by atoms with van der Waals surface area (Å²) in [7, 11) is 1.41. The lowest BCUT2D eigenvalue weighted by Gasteiger charge is -2.23. The van der Waals surface area contributed by atoms with Gasteiger partial charge in [-0.3, -0.25) is 4.79 Å². The van der Waals surface area contributed by atoms with Gasteiger partial charge in [0.25, 0.3) is 0 Å². The van der Waals surface area contributed by atoms with Crippen molar-refractivity contribution in [3.05, 3.63) is 27.3 Å². The zero-order valence-electron chi connectivity index (χ0n) is 8.33. The highest BCUT2D eigenvalue weighted by atomic mass is 127. The van der Waals surface area contributed by atoms with E-state index < -0.39 is 0 Å². The van der Waals surface area contributed by atoms with Crippen LogP contribution in [0.2, 0.25) is 0 Å². The molecule has 0 aromatic heterocycles. The van der Waals surface area contributed by atoms with Crippen molar-refractivity contribution in [2.45, 2.75) is 6.42 Å². The van der Waals surface area contributed by atoms with E-state index in [1.165, 1.54) is 7.11 Å². The molecule has 3 nitrogen and oxygen atoms in total. The Morgan fingerprint density at radius 3 is 3.13 bits per heavy atom. The minimum absolute atomic E-state index is 0.166. The van der Waals surface area contributed by atoms with Crippen LogP contribution in [-0.2, 0) is 16.0 Å². The van der Waals surface area contributed by atoms with Crippen molar-refractivity contribution in [1.29, 1.82) is 0 Å². The van der Waals surface area contributed by atoms with Gasteiger partial charge in [-0.05, 0) is 52.8 Å². The van der Waals surface area contributed by atoms with Gasteiger partial charge in [0.2, 0.25) is 0 Å². The van der Waals surface area contributed by atoms with Gasteiger partial charge in [-0.15, -0.1) is 0 Å². The lowest BCUT2D eigenvalue weighted by atomic mass is 9.97. The largest absolute Gasteiger partial charge is 0.492 e. The molecule has 0 saturated heterocycles. The molecule has 0 spiro atoms. The van der Waals surface area contributed by atoms with Crippen LogP contribution in [0.1, 0.15) is 5.56 Å². The molecule has 15 heavy (non-hydrogen) atoms. The van der Waals surface area contributed by atoms with Crippen molar-refractivity contribution in [2.24, 2.45) is 5.92 Å².